The van der Waals surface area contributed by atoms with E-state index in [4.69, 9.17) is 4.42 Å². The molecule has 3 aromatic heterocycles. The first-order valence-corrected chi connectivity index (χ1v) is 6.41. The third kappa shape index (κ3) is 2.57. The van der Waals surface area contributed by atoms with Crippen molar-refractivity contribution in [3.8, 4) is 0 Å². The summed E-state index contributed by atoms with van der Waals surface area (Å²) in [5.74, 6) is 1.04. The zero-order chi connectivity index (χ0) is 14.8. The van der Waals surface area contributed by atoms with Crippen LogP contribution in [-0.4, -0.2) is 47.6 Å². The summed E-state index contributed by atoms with van der Waals surface area (Å²) in [6.45, 7) is 2.12. The van der Waals surface area contributed by atoms with Crippen molar-refractivity contribution in [1.82, 2.24) is 34.7 Å². The highest BCUT2D eigenvalue weighted by molar-refractivity contribution is 5.90. The summed E-state index contributed by atoms with van der Waals surface area (Å²) in [5.41, 5.74) is 0. The Hall–Kier alpha value is -2.84. The number of rotatable bonds is 4. The van der Waals surface area contributed by atoms with Gasteiger partial charge in [0, 0.05) is 25.9 Å². The summed E-state index contributed by atoms with van der Waals surface area (Å²) >= 11 is 0. The van der Waals surface area contributed by atoms with E-state index in [1.165, 1.54) is 9.42 Å². The summed E-state index contributed by atoms with van der Waals surface area (Å²) in [5, 5.41) is 11.8. The van der Waals surface area contributed by atoms with Crippen LogP contribution in [-0.2, 0) is 13.0 Å². The fraction of sp³-hybridized carbons (Fsp3) is 0.333. The topological polar surface area (TPSA) is 102 Å². The molecule has 108 valence electrons. The lowest BCUT2D eigenvalue weighted by Crippen LogP contribution is -2.27. The minimum absolute atomic E-state index is 0.0754. The summed E-state index contributed by atoms with van der Waals surface area (Å²) in [6.07, 6.45) is 3.93. The maximum Gasteiger partial charge on any atom is 0.293 e. The van der Waals surface area contributed by atoms with Crippen molar-refractivity contribution in [2.75, 3.05) is 7.05 Å². The van der Waals surface area contributed by atoms with E-state index in [1.54, 1.807) is 25.5 Å². The Kier molecular flexibility index (Phi) is 3.30. The molecule has 3 rings (SSSR count). The Labute approximate surface area is 119 Å². The van der Waals surface area contributed by atoms with Gasteiger partial charge in [-0.15, -0.1) is 15.3 Å². The molecule has 0 saturated carbocycles. The molecule has 0 atom stereocenters. The number of nitrogens with zero attached hydrogens (tertiary/aromatic N) is 7. The molecule has 0 aliphatic heterocycles. The monoisotopic (exact) mass is 287 g/mol. The number of hydrogen-bond donors (Lipinski definition) is 0. The van der Waals surface area contributed by atoms with Crippen molar-refractivity contribution in [2.45, 2.75) is 19.9 Å². The molecule has 9 heteroatoms. The van der Waals surface area contributed by atoms with Gasteiger partial charge in [0.05, 0.1) is 6.54 Å². The lowest BCUT2D eigenvalue weighted by Gasteiger charge is -2.11. The molecule has 0 aliphatic carbocycles. The first-order valence-electron chi connectivity index (χ1n) is 6.41. The summed E-state index contributed by atoms with van der Waals surface area (Å²) in [6, 6.07) is 1.71. The van der Waals surface area contributed by atoms with Crippen LogP contribution in [0.1, 0.15) is 29.3 Å². The fourth-order valence-electron chi connectivity index (χ4n) is 1.76. The molecule has 9 nitrogen and oxygen atoms in total. The Morgan fingerprint density at radius 3 is 2.90 bits per heavy atom. The predicted molar refractivity (Wildman–Crippen MR) is 70.3 cm³/mol. The van der Waals surface area contributed by atoms with E-state index in [0.717, 1.165) is 0 Å². The van der Waals surface area contributed by atoms with E-state index in [2.05, 4.69) is 25.3 Å². The molecule has 0 saturated heterocycles. The Morgan fingerprint density at radius 2 is 2.19 bits per heavy atom. The summed E-state index contributed by atoms with van der Waals surface area (Å²) in [7, 11) is 1.62. The van der Waals surface area contributed by atoms with Gasteiger partial charge in [-0.1, -0.05) is 6.92 Å². The van der Waals surface area contributed by atoms with Crippen LogP contribution in [0.15, 0.2) is 22.9 Å². The minimum Gasteiger partial charge on any atom is -0.423 e. The van der Waals surface area contributed by atoms with Crippen LogP contribution in [0.5, 0.6) is 0 Å². The Morgan fingerprint density at radius 1 is 1.38 bits per heavy atom. The van der Waals surface area contributed by atoms with Crippen LogP contribution >= 0.6 is 0 Å². The first kappa shape index (κ1) is 13.2. The van der Waals surface area contributed by atoms with Crippen LogP contribution < -0.4 is 0 Å². The van der Waals surface area contributed by atoms with Crippen molar-refractivity contribution < 1.29 is 9.21 Å². The van der Waals surface area contributed by atoms with Gasteiger partial charge in [-0.05, 0) is 6.07 Å². The van der Waals surface area contributed by atoms with Crippen LogP contribution in [0.4, 0.5) is 0 Å². The van der Waals surface area contributed by atoms with Gasteiger partial charge in [0.2, 0.25) is 17.6 Å². The second-order valence-electron chi connectivity index (χ2n) is 4.40. The van der Waals surface area contributed by atoms with Gasteiger partial charge in [-0.25, -0.2) is 9.50 Å². The highest BCUT2D eigenvalue weighted by Crippen LogP contribution is 2.06. The lowest BCUT2D eigenvalue weighted by atomic mass is 10.4. The van der Waals surface area contributed by atoms with Crippen molar-refractivity contribution in [2.24, 2.45) is 0 Å². The van der Waals surface area contributed by atoms with E-state index in [9.17, 15) is 4.79 Å². The van der Waals surface area contributed by atoms with E-state index < -0.39 is 0 Å². The highest BCUT2D eigenvalue weighted by Gasteiger charge is 2.19. The van der Waals surface area contributed by atoms with Gasteiger partial charge in [-0.2, -0.15) is 4.98 Å². The number of amides is 1. The zero-order valence-electron chi connectivity index (χ0n) is 11.6. The smallest absolute Gasteiger partial charge is 0.293 e. The van der Waals surface area contributed by atoms with Crippen molar-refractivity contribution >= 4 is 11.7 Å². The molecule has 21 heavy (non-hydrogen) atoms. The van der Waals surface area contributed by atoms with Crippen LogP contribution in [0.2, 0.25) is 0 Å². The highest BCUT2D eigenvalue weighted by atomic mass is 16.4. The normalized spacial score (nSPS) is 11.0. The Balaban J connectivity index is 1.77. The van der Waals surface area contributed by atoms with E-state index in [-0.39, 0.29) is 18.3 Å². The van der Waals surface area contributed by atoms with E-state index >= 15 is 0 Å². The molecule has 0 aliphatic rings. The number of carbonyl (C=O) groups is 1. The Bertz CT molecular complexity index is 746. The molecular formula is C12H13N7O2. The van der Waals surface area contributed by atoms with Gasteiger partial charge in [0.15, 0.2) is 0 Å². The van der Waals surface area contributed by atoms with Crippen LogP contribution in [0.25, 0.3) is 5.78 Å². The number of aromatic nitrogens is 6. The molecule has 0 N–H and O–H groups in total. The van der Waals surface area contributed by atoms with Gasteiger partial charge >= 0.3 is 0 Å². The average molecular weight is 287 g/mol. The zero-order valence-corrected chi connectivity index (χ0v) is 11.6. The largest absolute Gasteiger partial charge is 0.423 e. The quantitative estimate of drug-likeness (QED) is 0.681. The second-order valence-corrected chi connectivity index (χ2v) is 4.40. The van der Waals surface area contributed by atoms with Gasteiger partial charge in [-0.3, -0.25) is 4.79 Å². The number of fused-ring (bicyclic) bond motifs is 1. The molecule has 0 fully saturated rings. The van der Waals surface area contributed by atoms with Crippen molar-refractivity contribution in [3.63, 3.8) is 0 Å². The molecule has 0 radical (unpaired) electrons. The SMILES string of the molecule is CCc1nnc(CN(C)C(=O)c2nc3ncccn3n2)o1. The molecule has 0 unspecified atom stereocenters. The number of carbonyl (C=O) groups excluding carboxylic acids is 1. The lowest BCUT2D eigenvalue weighted by molar-refractivity contribution is 0.0760. The maximum absolute atomic E-state index is 12.3. The second kappa shape index (κ2) is 5.27. The third-order valence-electron chi connectivity index (χ3n) is 2.84. The fourth-order valence-corrected chi connectivity index (χ4v) is 1.76. The molecule has 0 bridgehead atoms. The number of hydrogen-bond acceptors (Lipinski definition) is 7. The molecule has 3 aromatic rings. The minimum atomic E-state index is -0.336. The van der Waals surface area contributed by atoms with Gasteiger partial charge in [0.25, 0.3) is 11.7 Å². The standard InChI is InChI=1S/C12H13N7O2/c1-3-8-15-16-9(21-8)7-18(2)11(20)10-14-12-13-5-4-6-19(12)17-10/h4-6H,3,7H2,1-2H3. The number of aryl methyl sites for hydroxylation is 1. The molecule has 0 aromatic carbocycles. The van der Waals surface area contributed by atoms with Crippen LogP contribution in [0.3, 0.4) is 0 Å². The maximum atomic E-state index is 12.3. The van der Waals surface area contributed by atoms with Crippen molar-refractivity contribution in [1.29, 1.82) is 0 Å². The van der Waals surface area contributed by atoms with Gasteiger partial charge < -0.3 is 9.32 Å². The van der Waals surface area contributed by atoms with E-state index in [0.29, 0.717) is 24.0 Å². The molecular weight excluding hydrogens is 274 g/mol. The molecule has 0 spiro atoms. The first-order chi connectivity index (χ1) is 10.2. The van der Waals surface area contributed by atoms with Gasteiger partial charge in [0.1, 0.15) is 0 Å². The summed E-state index contributed by atoms with van der Waals surface area (Å²) < 4.78 is 6.82. The van der Waals surface area contributed by atoms with Crippen LogP contribution in [0, 0.1) is 0 Å². The summed E-state index contributed by atoms with van der Waals surface area (Å²) in [4.78, 5) is 21.8. The molecule has 3 heterocycles. The average Bonchev–Trinajstić information content (AvgIpc) is 3.12. The van der Waals surface area contributed by atoms with E-state index in [1.807, 2.05) is 6.92 Å². The predicted octanol–water partition coefficient (Wildman–Crippen LogP) is 0.342. The molecule has 1 amide bonds. The van der Waals surface area contributed by atoms with Crippen molar-refractivity contribution in [3.05, 3.63) is 36.1 Å². The third-order valence-corrected chi connectivity index (χ3v) is 2.84.